The molecule has 1 aromatic heterocycles. The minimum atomic E-state index is 0.0196. The molecule has 0 radical (unpaired) electrons. The van der Waals surface area contributed by atoms with Crippen molar-refractivity contribution in [3.63, 3.8) is 0 Å². The maximum Gasteiger partial charge on any atom is 0.0731 e. The Labute approximate surface area is 124 Å². The SMILES string of the molecule is Cc1cc(C(Cl)Cc2ccc(Cl)cc2)sc1Br. The highest BCUT2D eigenvalue weighted by molar-refractivity contribution is 9.11. The maximum absolute atomic E-state index is 6.42. The summed E-state index contributed by atoms with van der Waals surface area (Å²) in [4.78, 5) is 1.20. The number of aryl methyl sites for hydroxylation is 1. The van der Waals surface area contributed by atoms with E-state index in [-0.39, 0.29) is 5.38 Å². The van der Waals surface area contributed by atoms with E-state index in [2.05, 4.69) is 28.9 Å². The number of hydrogen-bond donors (Lipinski definition) is 0. The Bertz CT molecular complexity index is 485. The van der Waals surface area contributed by atoms with Gasteiger partial charge in [0.15, 0.2) is 0 Å². The van der Waals surface area contributed by atoms with Crippen LogP contribution in [0.2, 0.25) is 5.02 Å². The molecule has 0 amide bonds. The molecule has 2 aromatic rings. The molecule has 1 aromatic carbocycles. The van der Waals surface area contributed by atoms with E-state index < -0.39 is 0 Å². The molecule has 0 aliphatic rings. The van der Waals surface area contributed by atoms with Gasteiger partial charge in [-0.1, -0.05) is 23.7 Å². The molecule has 0 aliphatic heterocycles. The van der Waals surface area contributed by atoms with E-state index in [1.165, 1.54) is 16.0 Å². The molecular formula is C13H11BrCl2S. The summed E-state index contributed by atoms with van der Waals surface area (Å²) in [6.07, 6.45) is 0.825. The number of halogens is 3. The maximum atomic E-state index is 6.42. The molecule has 1 heterocycles. The third-order valence-electron chi connectivity index (χ3n) is 2.51. The monoisotopic (exact) mass is 348 g/mol. The van der Waals surface area contributed by atoms with Crippen molar-refractivity contribution in [3.05, 3.63) is 55.1 Å². The molecule has 90 valence electrons. The lowest BCUT2D eigenvalue weighted by molar-refractivity contribution is 0.939. The molecule has 0 bridgehead atoms. The first-order chi connectivity index (χ1) is 8.06. The van der Waals surface area contributed by atoms with Crippen LogP contribution in [0.25, 0.3) is 0 Å². The number of alkyl halides is 1. The summed E-state index contributed by atoms with van der Waals surface area (Å²) in [6, 6.07) is 9.98. The Balaban J connectivity index is 2.11. The third-order valence-corrected chi connectivity index (χ3v) is 5.53. The normalized spacial score (nSPS) is 12.7. The molecule has 4 heteroatoms. The second kappa shape index (κ2) is 5.75. The Hall–Kier alpha value is -0.0200. The van der Waals surface area contributed by atoms with Crippen LogP contribution in [-0.2, 0) is 6.42 Å². The Morgan fingerprint density at radius 2 is 1.94 bits per heavy atom. The highest BCUT2D eigenvalue weighted by Crippen LogP contribution is 2.36. The first-order valence-electron chi connectivity index (χ1n) is 5.20. The molecule has 0 nitrogen and oxygen atoms in total. The number of benzene rings is 1. The fourth-order valence-corrected chi connectivity index (χ4v) is 3.62. The highest BCUT2D eigenvalue weighted by Gasteiger charge is 2.13. The predicted octanol–water partition coefficient (Wildman–Crippen LogP) is 6.00. The van der Waals surface area contributed by atoms with Crippen LogP contribution in [0.1, 0.15) is 21.4 Å². The second-order valence-electron chi connectivity index (χ2n) is 3.90. The van der Waals surface area contributed by atoms with Gasteiger partial charge in [0.2, 0.25) is 0 Å². The van der Waals surface area contributed by atoms with E-state index >= 15 is 0 Å². The van der Waals surface area contributed by atoms with Crippen molar-refractivity contribution in [1.29, 1.82) is 0 Å². The number of thiophene rings is 1. The first kappa shape index (κ1) is 13.4. The smallest absolute Gasteiger partial charge is 0.0731 e. The van der Waals surface area contributed by atoms with Gasteiger partial charge in [-0.15, -0.1) is 22.9 Å². The van der Waals surface area contributed by atoms with E-state index in [4.69, 9.17) is 23.2 Å². The zero-order valence-electron chi connectivity index (χ0n) is 9.21. The largest absolute Gasteiger partial charge is 0.131 e. The summed E-state index contributed by atoms with van der Waals surface area (Å²) < 4.78 is 1.16. The molecule has 0 fully saturated rings. The van der Waals surface area contributed by atoms with Crippen LogP contribution in [0.4, 0.5) is 0 Å². The lowest BCUT2D eigenvalue weighted by Crippen LogP contribution is -1.93. The third kappa shape index (κ3) is 3.47. The van der Waals surface area contributed by atoms with Gasteiger partial charge in [0, 0.05) is 9.90 Å². The summed E-state index contributed by atoms with van der Waals surface area (Å²) in [5.41, 5.74) is 2.45. The quantitative estimate of drug-likeness (QED) is 0.596. The lowest BCUT2D eigenvalue weighted by Gasteiger charge is -2.07. The van der Waals surface area contributed by atoms with Crippen LogP contribution in [0, 0.1) is 6.92 Å². The molecule has 1 unspecified atom stereocenters. The molecule has 0 spiro atoms. The molecule has 0 aliphatic carbocycles. The summed E-state index contributed by atoms with van der Waals surface area (Å²) in [7, 11) is 0. The fourth-order valence-electron chi connectivity index (χ4n) is 1.57. The van der Waals surface area contributed by atoms with Crippen LogP contribution in [0.5, 0.6) is 0 Å². The van der Waals surface area contributed by atoms with Gasteiger partial charge < -0.3 is 0 Å². The summed E-state index contributed by atoms with van der Waals surface area (Å²) >= 11 is 17.5. The van der Waals surface area contributed by atoms with Crippen LogP contribution >= 0.6 is 50.5 Å². The van der Waals surface area contributed by atoms with Crippen molar-refractivity contribution in [2.24, 2.45) is 0 Å². The minimum Gasteiger partial charge on any atom is -0.131 e. The van der Waals surface area contributed by atoms with Gasteiger partial charge in [-0.2, -0.15) is 0 Å². The van der Waals surface area contributed by atoms with E-state index in [1.807, 2.05) is 24.3 Å². The molecular weight excluding hydrogens is 339 g/mol. The van der Waals surface area contributed by atoms with Gasteiger partial charge in [-0.25, -0.2) is 0 Å². The average Bonchev–Trinajstić information content (AvgIpc) is 2.63. The van der Waals surface area contributed by atoms with Gasteiger partial charge in [0.1, 0.15) is 0 Å². The Kier molecular flexibility index (Phi) is 4.53. The van der Waals surface area contributed by atoms with Gasteiger partial charge in [0.25, 0.3) is 0 Å². The van der Waals surface area contributed by atoms with E-state index in [9.17, 15) is 0 Å². The second-order valence-corrected chi connectivity index (χ2v) is 7.27. The topological polar surface area (TPSA) is 0 Å². The van der Waals surface area contributed by atoms with Crippen molar-refractivity contribution in [1.82, 2.24) is 0 Å². The molecule has 2 rings (SSSR count). The van der Waals surface area contributed by atoms with Gasteiger partial charge >= 0.3 is 0 Å². The van der Waals surface area contributed by atoms with Gasteiger partial charge in [-0.3, -0.25) is 0 Å². The van der Waals surface area contributed by atoms with Gasteiger partial charge in [-0.05, 0) is 58.6 Å². The zero-order chi connectivity index (χ0) is 12.4. The highest BCUT2D eigenvalue weighted by atomic mass is 79.9. The molecule has 0 saturated heterocycles. The van der Waals surface area contributed by atoms with Crippen molar-refractivity contribution in [2.45, 2.75) is 18.7 Å². The zero-order valence-corrected chi connectivity index (χ0v) is 13.1. The van der Waals surface area contributed by atoms with E-state index in [0.717, 1.165) is 15.2 Å². The Morgan fingerprint density at radius 1 is 1.29 bits per heavy atom. The predicted molar refractivity (Wildman–Crippen MR) is 80.5 cm³/mol. The average molecular weight is 350 g/mol. The molecule has 17 heavy (non-hydrogen) atoms. The van der Waals surface area contributed by atoms with Crippen molar-refractivity contribution in [3.8, 4) is 0 Å². The summed E-state index contributed by atoms with van der Waals surface area (Å²) in [5.74, 6) is 0. The lowest BCUT2D eigenvalue weighted by atomic mass is 10.1. The summed E-state index contributed by atoms with van der Waals surface area (Å²) in [6.45, 7) is 2.08. The minimum absolute atomic E-state index is 0.0196. The van der Waals surface area contributed by atoms with Crippen LogP contribution in [-0.4, -0.2) is 0 Å². The molecule has 0 saturated carbocycles. The van der Waals surface area contributed by atoms with Gasteiger partial charge in [0.05, 0.1) is 9.16 Å². The van der Waals surface area contributed by atoms with Crippen molar-refractivity contribution in [2.75, 3.05) is 0 Å². The molecule has 1 atom stereocenters. The number of rotatable bonds is 3. The van der Waals surface area contributed by atoms with Crippen molar-refractivity contribution < 1.29 is 0 Å². The Morgan fingerprint density at radius 3 is 2.47 bits per heavy atom. The van der Waals surface area contributed by atoms with Crippen LogP contribution in [0.3, 0.4) is 0 Å². The first-order valence-corrected chi connectivity index (χ1v) is 7.63. The van der Waals surface area contributed by atoms with Crippen LogP contribution in [0.15, 0.2) is 34.1 Å². The standard InChI is InChI=1S/C13H11BrCl2S/c1-8-6-12(17-13(8)14)11(16)7-9-2-4-10(15)5-3-9/h2-6,11H,7H2,1H3. The molecule has 0 N–H and O–H groups in total. The van der Waals surface area contributed by atoms with E-state index in [1.54, 1.807) is 11.3 Å². The fraction of sp³-hybridized carbons (Fsp3) is 0.231. The summed E-state index contributed by atoms with van der Waals surface area (Å²) in [5, 5.41) is 0.778. The van der Waals surface area contributed by atoms with Crippen LogP contribution < -0.4 is 0 Å². The van der Waals surface area contributed by atoms with E-state index in [0.29, 0.717) is 0 Å². The van der Waals surface area contributed by atoms with Crippen molar-refractivity contribution >= 4 is 50.5 Å². The number of hydrogen-bond acceptors (Lipinski definition) is 1.